The van der Waals surface area contributed by atoms with E-state index in [-0.39, 0.29) is 18.3 Å². The molecule has 1 aromatic carbocycles. The highest BCUT2D eigenvalue weighted by atomic mass is 35.5. The first kappa shape index (κ1) is 15.0. The summed E-state index contributed by atoms with van der Waals surface area (Å²) in [6, 6.07) is 7.53. The Morgan fingerprint density at radius 1 is 1.44 bits per heavy atom. The summed E-state index contributed by atoms with van der Waals surface area (Å²) in [5.41, 5.74) is 12.6. The molecular weight excluding hydrogens is 250 g/mol. The van der Waals surface area contributed by atoms with Gasteiger partial charge < -0.3 is 11.5 Å². The number of nitrogens with zero attached hydrogens (tertiary/aromatic N) is 1. The van der Waals surface area contributed by atoms with E-state index in [2.05, 4.69) is 4.90 Å². The van der Waals surface area contributed by atoms with Gasteiger partial charge in [-0.3, -0.25) is 9.69 Å². The number of hydrogen-bond donors (Lipinski definition) is 2. The molecule has 0 aromatic heterocycles. The number of amides is 1. The Hall–Kier alpha value is -1.10. The van der Waals surface area contributed by atoms with E-state index in [4.69, 9.17) is 11.5 Å². The van der Waals surface area contributed by atoms with Gasteiger partial charge in [-0.25, -0.2) is 0 Å². The molecule has 100 valence electrons. The van der Waals surface area contributed by atoms with Crippen LogP contribution in [0.1, 0.15) is 22.3 Å². The predicted octanol–water partition coefficient (Wildman–Crippen LogP) is 0.988. The van der Waals surface area contributed by atoms with Crippen LogP contribution in [-0.4, -0.2) is 30.4 Å². The molecule has 1 aliphatic heterocycles. The fraction of sp³-hybridized carbons (Fsp3) is 0.462. The number of hydrogen-bond acceptors (Lipinski definition) is 3. The van der Waals surface area contributed by atoms with Crippen molar-refractivity contribution in [2.75, 3.05) is 19.6 Å². The SMILES string of the molecule is Cl.NCC1CCN(Cc2cccc(C(N)=O)c2)C1. The van der Waals surface area contributed by atoms with E-state index in [1.807, 2.05) is 18.2 Å². The molecular formula is C13H20ClN3O. The van der Waals surface area contributed by atoms with Gasteiger partial charge in [-0.1, -0.05) is 12.1 Å². The van der Waals surface area contributed by atoms with Crippen molar-refractivity contribution >= 4 is 18.3 Å². The number of nitrogens with two attached hydrogens (primary N) is 2. The second-order valence-electron chi connectivity index (χ2n) is 4.69. The summed E-state index contributed by atoms with van der Waals surface area (Å²) in [5.74, 6) is 0.252. The number of rotatable bonds is 4. The number of benzene rings is 1. The fourth-order valence-corrected chi connectivity index (χ4v) is 2.33. The first-order valence-corrected chi connectivity index (χ1v) is 6.00. The van der Waals surface area contributed by atoms with Crippen LogP contribution in [0.5, 0.6) is 0 Å². The number of primary amides is 1. The van der Waals surface area contributed by atoms with E-state index < -0.39 is 0 Å². The van der Waals surface area contributed by atoms with Crippen molar-refractivity contribution in [2.24, 2.45) is 17.4 Å². The molecule has 2 rings (SSSR count). The Morgan fingerprint density at radius 3 is 2.83 bits per heavy atom. The van der Waals surface area contributed by atoms with Crippen LogP contribution < -0.4 is 11.5 Å². The molecule has 1 atom stereocenters. The molecule has 1 unspecified atom stereocenters. The lowest BCUT2D eigenvalue weighted by Crippen LogP contribution is -2.23. The maximum Gasteiger partial charge on any atom is 0.248 e. The molecule has 1 aliphatic rings. The minimum Gasteiger partial charge on any atom is -0.366 e. The molecule has 4 nitrogen and oxygen atoms in total. The molecule has 1 amide bonds. The lowest BCUT2D eigenvalue weighted by Gasteiger charge is -2.15. The van der Waals surface area contributed by atoms with Crippen molar-refractivity contribution in [2.45, 2.75) is 13.0 Å². The normalized spacial score (nSPS) is 19.5. The third-order valence-corrected chi connectivity index (χ3v) is 3.32. The summed E-state index contributed by atoms with van der Waals surface area (Å²) in [5, 5.41) is 0. The molecule has 5 heteroatoms. The molecule has 1 heterocycles. The molecule has 0 bridgehead atoms. The van der Waals surface area contributed by atoms with Crippen LogP contribution in [0.25, 0.3) is 0 Å². The molecule has 0 spiro atoms. The third-order valence-electron chi connectivity index (χ3n) is 3.32. The van der Waals surface area contributed by atoms with Crippen molar-refractivity contribution in [3.63, 3.8) is 0 Å². The maximum absolute atomic E-state index is 11.1. The summed E-state index contributed by atoms with van der Waals surface area (Å²) in [4.78, 5) is 13.5. The van der Waals surface area contributed by atoms with Crippen LogP contribution in [0.4, 0.5) is 0 Å². The van der Waals surface area contributed by atoms with Gasteiger partial charge in [0.05, 0.1) is 0 Å². The van der Waals surface area contributed by atoms with Gasteiger partial charge in [-0.05, 0) is 43.1 Å². The average molecular weight is 270 g/mol. The zero-order valence-electron chi connectivity index (χ0n) is 10.3. The van der Waals surface area contributed by atoms with E-state index >= 15 is 0 Å². The highest BCUT2D eigenvalue weighted by Crippen LogP contribution is 2.18. The van der Waals surface area contributed by atoms with E-state index in [1.165, 1.54) is 6.42 Å². The highest BCUT2D eigenvalue weighted by Gasteiger charge is 2.21. The van der Waals surface area contributed by atoms with Crippen LogP contribution in [0.15, 0.2) is 24.3 Å². The van der Waals surface area contributed by atoms with Crippen molar-refractivity contribution in [1.82, 2.24) is 4.90 Å². The number of halogens is 1. The molecule has 0 aliphatic carbocycles. The van der Waals surface area contributed by atoms with Gasteiger partial charge in [0.2, 0.25) is 5.91 Å². The summed E-state index contributed by atoms with van der Waals surface area (Å²) in [7, 11) is 0. The van der Waals surface area contributed by atoms with Crippen molar-refractivity contribution < 1.29 is 4.79 Å². The van der Waals surface area contributed by atoms with Gasteiger partial charge in [0.1, 0.15) is 0 Å². The van der Waals surface area contributed by atoms with Crippen LogP contribution in [0.3, 0.4) is 0 Å². The summed E-state index contributed by atoms with van der Waals surface area (Å²) >= 11 is 0. The molecule has 18 heavy (non-hydrogen) atoms. The van der Waals surface area contributed by atoms with Gasteiger partial charge in [-0.2, -0.15) is 0 Å². The first-order valence-electron chi connectivity index (χ1n) is 6.00. The monoisotopic (exact) mass is 269 g/mol. The van der Waals surface area contributed by atoms with E-state index in [1.54, 1.807) is 6.07 Å². The van der Waals surface area contributed by atoms with Crippen LogP contribution in [0.2, 0.25) is 0 Å². The van der Waals surface area contributed by atoms with Crippen LogP contribution in [-0.2, 0) is 6.54 Å². The van der Waals surface area contributed by atoms with E-state index in [9.17, 15) is 4.79 Å². The average Bonchev–Trinajstić information content (AvgIpc) is 2.77. The molecule has 1 saturated heterocycles. The minimum absolute atomic E-state index is 0. The van der Waals surface area contributed by atoms with Gasteiger partial charge in [0.15, 0.2) is 0 Å². The van der Waals surface area contributed by atoms with E-state index in [0.29, 0.717) is 11.5 Å². The lowest BCUT2D eigenvalue weighted by molar-refractivity contribution is 0.1000. The van der Waals surface area contributed by atoms with E-state index in [0.717, 1.165) is 31.7 Å². The highest BCUT2D eigenvalue weighted by molar-refractivity contribution is 5.92. The second kappa shape index (κ2) is 6.73. The second-order valence-corrected chi connectivity index (χ2v) is 4.69. The van der Waals surface area contributed by atoms with Crippen molar-refractivity contribution in [3.8, 4) is 0 Å². The molecule has 1 aromatic rings. The predicted molar refractivity (Wildman–Crippen MR) is 74.6 cm³/mol. The third kappa shape index (κ3) is 3.70. The lowest BCUT2D eigenvalue weighted by atomic mass is 10.1. The van der Waals surface area contributed by atoms with Crippen LogP contribution in [0, 0.1) is 5.92 Å². The minimum atomic E-state index is -0.367. The van der Waals surface area contributed by atoms with Gasteiger partial charge >= 0.3 is 0 Å². The summed E-state index contributed by atoms with van der Waals surface area (Å²) in [6.45, 7) is 3.77. The zero-order valence-corrected chi connectivity index (χ0v) is 11.2. The van der Waals surface area contributed by atoms with Gasteiger partial charge in [-0.15, -0.1) is 12.4 Å². The Balaban J connectivity index is 0.00000162. The quantitative estimate of drug-likeness (QED) is 0.856. The van der Waals surface area contributed by atoms with Gasteiger partial charge in [0, 0.05) is 18.7 Å². The number of carbonyl (C=O) groups excluding carboxylic acids is 1. The Labute approximate surface area is 114 Å². The zero-order chi connectivity index (χ0) is 12.3. The van der Waals surface area contributed by atoms with Gasteiger partial charge in [0.25, 0.3) is 0 Å². The smallest absolute Gasteiger partial charge is 0.248 e. The Kier molecular flexibility index (Phi) is 5.59. The summed E-state index contributed by atoms with van der Waals surface area (Å²) < 4.78 is 0. The van der Waals surface area contributed by atoms with Crippen molar-refractivity contribution in [3.05, 3.63) is 35.4 Å². The fourth-order valence-electron chi connectivity index (χ4n) is 2.33. The molecule has 1 fully saturated rings. The molecule has 4 N–H and O–H groups in total. The first-order chi connectivity index (χ1) is 8.19. The van der Waals surface area contributed by atoms with Crippen LogP contribution >= 0.6 is 12.4 Å². The standard InChI is InChI=1S/C13H19N3O.ClH/c14-7-11-4-5-16(9-11)8-10-2-1-3-12(6-10)13(15)17;/h1-3,6,11H,4-5,7-9,14H2,(H2,15,17);1H. The maximum atomic E-state index is 11.1. The largest absolute Gasteiger partial charge is 0.366 e. The summed E-state index contributed by atoms with van der Waals surface area (Å²) in [6.07, 6.45) is 1.17. The number of likely N-dealkylation sites (tertiary alicyclic amines) is 1. The topological polar surface area (TPSA) is 72.3 Å². The Morgan fingerprint density at radius 2 is 2.22 bits per heavy atom. The molecule has 0 saturated carbocycles. The van der Waals surface area contributed by atoms with Crippen molar-refractivity contribution in [1.29, 1.82) is 0 Å². The number of carbonyl (C=O) groups is 1. The molecule has 0 radical (unpaired) electrons. The Bertz CT molecular complexity index is 411.